The number of nitrogens with two attached hydrogens (primary N) is 2. The van der Waals surface area contributed by atoms with E-state index in [1.54, 1.807) is 13.0 Å². The van der Waals surface area contributed by atoms with Crippen molar-refractivity contribution in [1.82, 2.24) is 4.98 Å². The molecule has 0 amide bonds. The van der Waals surface area contributed by atoms with Crippen molar-refractivity contribution in [3.63, 3.8) is 0 Å². The molecule has 0 spiro atoms. The predicted molar refractivity (Wildman–Crippen MR) is 57.4 cm³/mol. The van der Waals surface area contributed by atoms with Gasteiger partial charge in [0.05, 0.1) is 4.92 Å². The topological polar surface area (TPSA) is 108 Å². The van der Waals surface area contributed by atoms with Crippen LogP contribution in [0.4, 0.5) is 11.5 Å². The lowest BCUT2D eigenvalue weighted by atomic mass is 10.1. The van der Waals surface area contributed by atoms with Gasteiger partial charge in [-0.3, -0.25) is 10.1 Å². The number of nitro groups is 1. The molecular weight excluding hydrogens is 196 g/mol. The summed E-state index contributed by atoms with van der Waals surface area (Å²) in [6.45, 7) is 2.22. The summed E-state index contributed by atoms with van der Waals surface area (Å²) in [5.41, 5.74) is 12.1. The van der Waals surface area contributed by atoms with Gasteiger partial charge in [-0.2, -0.15) is 0 Å². The summed E-state index contributed by atoms with van der Waals surface area (Å²) in [6, 6.07) is 1.68. The number of hydrogen-bond donors (Lipinski definition) is 2. The highest BCUT2D eigenvalue weighted by molar-refractivity contribution is 5.57. The van der Waals surface area contributed by atoms with Crippen molar-refractivity contribution in [2.24, 2.45) is 5.73 Å². The van der Waals surface area contributed by atoms with Gasteiger partial charge in [0, 0.05) is 11.3 Å². The van der Waals surface area contributed by atoms with E-state index in [4.69, 9.17) is 11.5 Å². The number of pyridine rings is 1. The Hall–Kier alpha value is -1.69. The smallest absolute Gasteiger partial charge is 0.314 e. The molecule has 0 radical (unpaired) electrons. The van der Waals surface area contributed by atoms with Crippen LogP contribution in [0.25, 0.3) is 0 Å². The quantitative estimate of drug-likeness (QED) is 0.563. The van der Waals surface area contributed by atoms with Gasteiger partial charge < -0.3 is 11.5 Å². The third-order valence-corrected chi connectivity index (χ3v) is 2.08. The average molecular weight is 210 g/mol. The summed E-state index contributed by atoms with van der Waals surface area (Å²) >= 11 is 0. The van der Waals surface area contributed by atoms with E-state index in [0.29, 0.717) is 18.5 Å². The van der Waals surface area contributed by atoms with Crippen LogP contribution in [0, 0.1) is 17.0 Å². The zero-order valence-corrected chi connectivity index (χ0v) is 8.56. The van der Waals surface area contributed by atoms with Crippen LogP contribution in [-0.4, -0.2) is 16.5 Å². The molecule has 0 unspecified atom stereocenters. The van der Waals surface area contributed by atoms with Crippen molar-refractivity contribution in [2.75, 3.05) is 12.3 Å². The van der Waals surface area contributed by atoms with Gasteiger partial charge in [-0.15, -0.1) is 0 Å². The molecule has 0 saturated carbocycles. The Bertz CT molecular complexity index is 355. The van der Waals surface area contributed by atoms with Crippen LogP contribution >= 0.6 is 0 Å². The van der Waals surface area contributed by atoms with Gasteiger partial charge >= 0.3 is 5.69 Å². The minimum Gasteiger partial charge on any atom is -0.378 e. The molecule has 82 valence electrons. The summed E-state index contributed by atoms with van der Waals surface area (Å²) in [5, 5.41) is 10.6. The van der Waals surface area contributed by atoms with E-state index < -0.39 is 4.92 Å². The second-order valence-corrected chi connectivity index (χ2v) is 3.31. The van der Waals surface area contributed by atoms with Crippen LogP contribution in [0.2, 0.25) is 0 Å². The average Bonchev–Trinajstić information content (AvgIpc) is 2.12. The number of aromatic nitrogens is 1. The summed E-state index contributed by atoms with van der Waals surface area (Å²) in [5.74, 6) is -0.0213. The number of hydrogen-bond acceptors (Lipinski definition) is 5. The van der Waals surface area contributed by atoms with E-state index in [-0.39, 0.29) is 11.5 Å². The number of nitrogen functional groups attached to an aromatic ring is 1. The lowest BCUT2D eigenvalue weighted by Crippen LogP contribution is -2.06. The van der Waals surface area contributed by atoms with Crippen molar-refractivity contribution < 1.29 is 4.92 Å². The van der Waals surface area contributed by atoms with Gasteiger partial charge in [0.15, 0.2) is 0 Å². The second-order valence-electron chi connectivity index (χ2n) is 3.31. The molecule has 0 aliphatic rings. The van der Waals surface area contributed by atoms with Gasteiger partial charge in [0.25, 0.3) is 0 Å². The first-order chi connectivity index (χ1) is 7.06. The summed E-state index contributed by atoms with van der Waals surface area (Å²) in [7, 11) is 0. The third kappa shape index (κ3) is 2.63. The molecular formula is C9H14N4O2. The Morgan fingerprint density at radius 2 is 2.27 bits per heavy atom. The van der Waals surface area contributed by atoms with Crippen molar-refractivity contribution >= 4 is 11.5 Å². The molecule has 1 aromatic rings. The minimum atomic E-state index is -0.510. The van der Waals surface area contributed by atoms with E-state index in [1.165, 1.54) is 0 Å². The molecule has 4 N–H and O–H groups in total. The van der Waals surface area contributed by atoms with E-state index >= 15 is 0 Å². The molecule has 0 aromatic carbocycles. The summed E-state index contributed by atoms with van der Waals surface area (Å²) < 4.78 is 0. The first-order valence-corrected chi connectivity index (χ1v) is 4.66. The van der Waals surface area contributed by atoms with Crippen molar-refractivity contribution in [3.05, 3.63) is 27.4 Å². The number of nitrogens with zero attached hydrogens (tertiary/aromatic N) is 2. The van der Waals surface area contributed by atoms with Gasteiger partial charge in [-0.1, -0.05) is 0 Å². The molecule has 1 rings (SSSR count). The van der Waals surface area contributed by atoms with E-state index in [2.05, 4.69) is 4.98 Å². The fourth-order valence-electron chi connectivity index (χ4n) is 1.41. The Morgan fingerprint density at radius 1 is 1.60 bits per heavy atom. The maximum absolute atomic E-state index is 10.6. The highest BCUT2D eigenvalue weighted by atomic mass is 16.6. The molecule has 0 atom stereocenters. The van der Waals surface area contributed by atoms with E-state index in [9.17, 15) is 10.1 Å². The van der Waals surface area contributed by atoms with Crippen LogP contribution in [0.3, 0.4) is 0 Å². The molecule has 15 heavy (non-hydrogen) atoms. The minimum absolute atomic E-state index is 0.0213. The van der Waals surface area contributed by atoms with Crippen molar-refractivity contribution in [3.8, 4) is 0 Å². The van der Waals surface area contributed by atoms with Crippen LogP contribution in [0.1, 0.15) is 17.7 Å². The van der Waals surface area contributed by atoms with Crippen LogP contribution in [-0.2, 0) is 6.42 Å². The SMILES string of the molecule is Cc1cc(CCCN)nc(N)c1[N+](=O)[O-]. The van der Waals surface area contributed by atoms with Crippen LogP contribution in [0.15, 0.2) is 6.07 Å². The molecule has 0 fully saturated rings. The largest absolute Gasteiger partial charge is 0.378 e. The number of rotatable bonds is 4. The highest BCUT2D eigenvalue weighted by Crippen LogP contribution is 2.24. The predicted octanol–water partition coefficient (Wildman–Crippen LogP) is 0.772. The Morgan fingerprint density at radius 3 is 2.73 bits per heavy atom. The van der Waals surface area contributed by atoms with Crippen molar-refractivity contribution in [1.29, 1.82) is 0 Å². The zero-order chi connectivity index (χ0) is 11.4. The highest BCUT2D eigenvalue weighted by Gasteiger charge is 2.17. The van der Waals surface area contributed by atoms with Gasteiger partial charge in [-0.05, 0) is 32.4 Å². The molecule has 0 bridgehead atoms. The summed E-state index contributed by atoms with van der Waals surface area (Å²) in [4.78, 5) is 14.1. The fourth-order valence-corrected chi connectivity index (χ4v) is 1.41. The fraction of sp³-hybridized carbons (Fsp3) is 0.444. The second kappa shape index (κ2) is 4.70. The third-order valence-electron chi connectivity index (χ3n) is 2.08. The molecule has 6 heteroatoms. The standard InChI is InChI=1S/C9H14N4O2/c1-6-5-7(3-2-4-10)12-9(11)8(6)13(14)15/h5H,2-4,10H2,1H3,(H2,11,12). The maximum atomic E-state index is 10.6. The molecule has 0 aliphatic heterocycles. The van der Waals surface area contributed by atoms with Gasteiger partial charge in [-0.25, -0.2) is 4.98 Å². The van der Waals surface area contributed by atoms with Crippen LogP contribution < -0.4 is 11.5 Å². The normalized spacial score (nSPS) is 10.3. The first kappa shape index (κ1) is 11.4. The van der Waals surface area contributed by atoms with E-state index in [0.717, 1.165) is 12.1 Å². The lowest BCUT2D eigenvalue weighted by molar-refractivity contribution is -0.384. The van der Waals surface area contributed by atoms with Gasteiger partial charge in [0.2, 0.25) is 5.82 Å². The monoisotopic (exact) mass is 210 g/mol. The zero-order valence-electron chi connectivity index (χ0n) is 8.56. The number of aryl methyl sites for hydroxylation is 2. The lowest BCUT2D eigenvalue weighted by Gasteiger charge is -2.04. The van der Waals surface area contributed by atoms with Gasteiger partial charge in [0.1, 0.15) is 0 Å². The molecule has 6 nitrogen and oxygen atoms in total. The molecule has 1 aromatic heterocycles. The first-order valence-electron chi connectivity index (χ1n) is 4.66. The molecule has 1 heterocycles. The Labute approximate surface area is 87.4 Å². The molecule has 0 saturated heterocycles. The summed E-state index contributed by atoms with van der Waals surface area (Å²) in [6.07, 6.45) is 1.49. The molecule has 0 aliphatic carbocycles. The Balaban J connectivity index is 3.03. The van der Waals surface area contributed by atoms with Crippen molar-refractivity contribution in [2.45, 2.75) is 19.8 Å². The van der Waals surface area contributed by atoms with Crippen LogP contribution in [0.5, 0.6) is 0 Å². The maximum Gasteiger partial charge on any atom is 0.314 e. The number of anilines is 1. The van der Waals surface area contributed by atoms with E-state index in [1.807, 2.05) is 0 Å². The Kier molecular flexibility index (Phi) is 3.56.